The molecule has 0 atom stereocenters. The van der Waals surface area contributed by atoms with Crippen molar-refractivity contribution in [1.29, 1.82) is 0 Å². The first kappa shape index (κ1) is 20.7. The van der Waals surface area contributed by atoms with Crippen molar-refractivity contribution >= 4 is 41.7 Å². The van der Waals surface area contributed by atoms with Crippen LogP contribution >= 0.6 is 24.0 Å². The molecule has 1 aromatic rings. The van der Waals surface area contributed by atoms with Gasteiger partial charge in [0.2, 0.25) is 5.91 Å². The molecule has 0 aromatic carbocycles. The van der Waals surface area contributed by atoms with Crippen molar-refractivity contribution in [2.24, 2.45) is 4.99 Å². The third-order valence-corrected chi connectivity index (χ3v) is 4.39. The predicted octanol–water partition coefficient (Wildman–Crippen LogP) is 1.16. The number of nitrogens with zero attached hydrogens (tertiary/aromatic N) is 5. The number of rotatable bonds is 4. The number of carbonyl (C=O) groups excluding carboxylic acids is 1. The molecule has 144 valence electrons. The molecule has 2 fully saturated rings. The number of hydrogen-bond donors (Lipinski definition) is 1. The van der Waals surface area contributed by atoms with E-state index in [0.29, 0.717) is 38.0 Å². The lowest BCUT2D eigenvalue weighted by Crippen LogP contribution is -2.53. The molecule has 2 heterocycles. The Bertz CT molecular complexity index is 644. The molecule has 7 nitrogen and oxygen atoms in total. The molecule has 1 N–H and O–H groups in total. The fraction of sp³-hybridized carbons (Fsp3) is 0.588. The normalized spacial score (nSPS) is 17.6. The van der Waals surface area contributed by atoms with E-state index in [1.54, 1.807) is 31.3 Å². The van der Waals surface area contributed by atoms with Crippen LogP contribution in [-0.4, -0.2) is 79.5 Å². The van der Waals surface area contributed by atoms with Gasteiger partial charge in [-0.3, -0.25) is 4.79 Å². The molecule has 2 aliphatic rings. The highest BCUT2D eigenvalue weighted by Gasteiger charge is 2.27. The third kappa shape index (κ3) is 5.42. The van der Waals surface area contributed by atoms with E-state index >= 15 is 0 Å². The number of aliphatic imine (C=N–C) groups is 1. The number of aromatic nitrogens is 1. The second-order valence-electron chi connectivity index (χ2n) is 6.63. The lowest BCUT2D eigenvalue weighted by atomic mass is 10.3. The van der Waals surface area contributed by atoms with Crippen LogP contribution in [0.15, 0.2) is 23.3 Å². The zero-order valence-corrected chi connectivity index (χ0v) is 17.5. The summed E-state index contributed by atoms with van der Waals surface area (Å²) >= 11 is 0. The number of hydrogen-bond acceptors (Lipinski definition) is 4. The summed E-state index contributed by atoms with van der Waals surface area (Å²) in [4.78, 5) is 26.1. The topological polar surface area (TPSA) is 64.1 Å². The summed E-state index contributed by atoms with van der Waals surface area (Å²) in [6.07, 6.45) is 3.89. The summed E-state index contributed by atoms with van der Waals surface area (Å²) in [5, 5.41) is 3.42. The van der Waals surface area contributed by atoms with Gasteiger partial charge < -0.3 is 20.0 Å². The number of likely N-dealkylation sites (N-methyl/N-ethyl adjacent to an activating group) is 1. The first-order valence-electron chi connectivity index (χ1n) is 8.66. The number of nitrogens with one attached hydrogen (secondary N) is 1. The largest absolute Gasteiger partial charge is 0.353 e. The molecule has 0 unspecified atom stereocenters. The van der Waals surface area contributed by atoms with Crippen LogP contribution < -0.4 is 10.2 Å². The molecule has 0 spiro atoms. The van der Waals surface area contributed by atoms with E-state index in [0.717, 1.165) is 18.8 Å². The van der Waals surface area contributed by atoms with Crippen molar-refractivity contribution in [2.45, 2.75) is 18.9 Å². The van der Waals surface area contributed by atoms with Gasteiger partial charge in [0.25, 0.3) is 0 Å². The number of carbonyl (C=O) groups is 1. The molecule has 0 radical (unpaired) electrons. The van der Waals surface area contributed by atoms with Crippen molar-refractivity contribution < 1.29 is 9.18 Å². The SMILES string of the molecule is CN(C)C(=O)CN=C(NC1CC1)N1CCN(c2ncccc2F)CC1.I. The lowest BCUT2D eigenvalue weighted by Gasteiger charge is -2.37. The van der Waals surface area contributed by atoms with Crippen LogP contribution in [-0.2, 0) is 4.79 Å². The maximum Gasteiger partial charge on any atom is 0.243 e. The number of guanidine groups is 1. The monoisotopic (exact) mass is 476 g/mol. The van der Waals surface area contributed by atoms with E-state index in [9.17, 15) is 9.18 Å². The Labute approximate surface area is 170 Å². The van der Waals surface area contributed by atoms with Crippen LogP contribution in [0.2, 0.25) is 0 Å². The molecular weight excluding hydrogens is 450 g/mol. The van der Waals surface area contributed by atoms with Gasteiger partial charge >= 0.3 is 0 Å². The van der Waals surface area contributed by atoms with Crippen LogP contribution in [0.4, 0.5) is 10.2 Å². The minimum atomic E-state index is -0.294. The fourth-order valence-corrected chi connectivity index (χ4v) is 2.67. The Morgan fingerprint density at radius 3 is 2.62 bits per heavy atom. The maximum absolute atomic E-state index is 13.9. The van der Waals surface area contributed by atoms with Crippen LogP contribution in [0.1, 0.15) is 12.8 Å². The number of amides is 1. The van der Waals surface area contributed by atoms with E-state index in [1.165, 1.54) is 6.07 Å². The van der Waals surface area contributed by atoms with Crippen LogP contribution in [0.3, 0.4) is 0 Å². The third-order valence-electron chi connectivity index (χ3n) is 4.39. The first-order chi connectivity index (χ1) is 12.0. The average molecular weight is 476 g/mol. The van der Waals surface area contributed by atoms with E-state index in [4.69, 9.17) is 0 Å². The molecule has 26 heavy (non-hydrogen) atoms. The molecule has 1 aliphatic carbocycles. The minimum absolute atomic E-state index is 0. The zero-order valence-electron chi connectivity index (χ0n) is 15.2. The second-order valence-corrected chi connectivity index (χ2v) is 6.63. The van der Waals surface area contributed by atoms with Gasteiger partial charge in [0.1, 0.15) is 6.54 Å². The Balaban J connectivity index is 0.00000243. The van der Waals surface area contributed by atoms with E-state index in [2.05, 4.69) is 20.2 Å². The Morgan fingerprint density at radius 2 is 2.04 bits per heavy atom. The molecule has 3 rings (SSSR count). The van der Waals surface area contributed by atoms with E-state index in [-0.39, 0.29) is 42.2 Å². The van der Waals surface area contributed by atoms with Gasteiger partial charge in [0.15, 0.2) is 17.6 Å². The Morgan fingerprint density at radius 1 is 1.35 bits per heavy atom. The molecule has 0 bridgehead atoms. The summed E-state index contributed by atoms with van der Waals surface area (Å²) < 4.78 is 13.9. The summed E-state index contributed by atoms with van der Waals surface area (Å²) in [6, 6.07) is 3.49. The van der Waals surface area contributed by atoms with Gasteiger partial charge in [-0.25, -0.2) is 14.4 Å². The van der Waals surface area contributed by atoms with Crippen molar-refractivity contribution in [1.82, 2.24) is 20.1 Å². The van der Waals surface area contributed by atoms with Crippen LogP contribution in [0.25, 0.3) is 0 Å². The van der Waals surface area contributed by atoms with Crippen LogP contribution in [0, 0.1) is 5.82 Å². The predicted molar refractivity (Wildman–Crippen MR) is 111 cm³/mol. The molecule has 1 saturated heterocycles. The molecule has 1 saturated carbocycles. The standard InChI is InChI=1S/C17H25FN6O.HI/c1-22(2)15(25)12-20-17(21-13-5-6-13)24-10-8-23(9-11-24)16-14(18)4-3-7-19-16;/h3-4,7,13H,5-6,8-12H2,1-2H3,(H,20,21);1H. The highest BCUT2D eigenvalue weighted by Crippen LogP contribution is 2.20. The summed E-state index contributed by atoms with van der Waals surface area (Å²) in [5.41, 5.74) is 0. The highest BCUT2D eigenvalue weighted by molar-refractivity contribution is 14.0. The Kier molecular flexibility index (Phi) is 7.42. The zero-order chi connectivity index (χ0) is 17.8. The highest BCUT2D eigenvalue weighted by atomic mass is 127. The van der Waals surface area contributed by atoms with Crippen molar-refractivity contribution in [3.05, 3.63) is 24.1 Å². The summed E-state index contributed by atoms with van der Waals surface area (Å²) in [6.45, 7) is 2.90. The van der Waals surface area contributed by atoms with Gasteiger partial charge in [-0.05, 0) is 25.0 Å². The quantitative estimate of drug-likeness (QED) is 0.402. The number of pyridine rings is 1. The Hall–Kier alpha value is -1.65. The smallest absolute Gasteiger partial charge is 0.243 e. The van der Waals surface area contributed by atoms with Crippen molar-refractivity contribution in [3.8, 4) is 0 Å². The minimum Gasteiger partial charge on any atom is -0.353 e. The summed E-state index contributed by atoms with van der Waals surface area (Å²) in [7, 11) is 3.46. The van der Waals surface area contributed by atoms with E-state index in [1.807, 2.05) is 4.90 Å². The fourth-order valence-electron chi connectivity index (χ4n) is 2.67. The molecule has 1 aliphatic heterocycles. The second kappa shape index (κ2) is 9.33. The molecule has 9 heteroatoms. The number of anilines is 1. The van der Waals surface area contributed by atoms with Crippen molar-refractivity contribution in [3.63, 3.8) is 0 Å². The van der Waals surface area contributed by atoms with Crippen LogP contribution in [0.5, 0.6) is 0 Å². The summed E-state index contributed by atoms with van der Waals surface area (Å²) in [5.74, 6) is 0.860. The van der Waals surface area contributed by atoms with Gasteiger partial charge in [0.05, 0.1) is 0 Å². The average Bonchev–Trinajstić information content (AvgIpc) is 3.43. The molecule has 1 amide bonds. The lowest BCUT2D eigenvalue weighted by molar-refractivity contribution is -0.127. The van der Waals surface area contributed by atoms with Gasteiger partial charge in [-0.1, -0.05) is 0 Å². The molecule has 1 aromatic heterocycles. The molecular formula is C17H26FIN6O. The number of piperazine rings is 1. The number of halogens is 2. The van der Waals surface area contributed by atoms with Gasteiger partial charge in [-0.15, -0.1) is 24.0 Å². The van der Waals surface area contributed by atoms with Gasteiger partial charge in [-0.2, -0.15) is 0 Å². The first-order valence-corrected chi connectivity index (χ1v) is 8.66. The maximum atomic E-state index is 13.9. The van der Waals surface area contributed by atoms with E-state index < -0.39 is 0 Å². The van der Waals surface area contributed by atoms with Crippen molar-refractivity contribution in [2.75, 3.05) is 51.7 Å². The van der Waals surface area contributed by atoms with Gasteiger partial charge in [0, 0.05) is 52.5 Å².